The van der Waals surface area contributed by atoms with Crippen LogP contribution in [0, 0.1) is 5.41 Å². The van der Waals surface area contributed by atoms with E-state index >= 15 is 0 Å². The molecule has 2 aromatic carbocycles. The highest BCUT2D eigenvalue weighted by Crippen LogP contribution is 2.66. The Labute approximate surface area is 174 Å². The zero-order chi connectivity index (χ0) is 20.4. The molecule has 148 valence electrons. The summed E-state index contributed by atoms with van der Waals surface area (Å²) in [5.74, 6) is 0.448. The molecule has 2 aliphatic carbocycles. The Balaban J connectivity index is 1.43. The fourth-order valence-electron chi connectivity index (χ4n) is 5.02. The number of halogens is 1. The van der Waals surface area contributed by atoms with Crippen molar-refractivity contribution >= 4 is 40.0 Å². The summed E-state index contributed by atoms with van der Waals surface area (Å²) in [6.45, 7) is 7.01. The highest BCUT2D eigenvalue weighted by molar-refractivity contribution is 6.30. The maximum absolute atomic E-state index is 12.3. The predicted octanol–water partition coefficient (Wildman–Crippen LogP) is 6.10. The number of nitrogens with zero attached hydrogens (tertiary/aromatic N) is 2. The van der Waals surface area contributed by atoms with Crippen molar-refractivity contribution in [1.82, 2.24) is 9.97 Å². The second-order valence-corrected chi connectivity index (χ2v) is 9.33. The molecular weight excluding hydrogens is 384 g/mol. The molecule has 0 radical (unpaired) electrons. The smallest absolute Gasteiger partial charge is 0.308 e. The molecule has 5 rings (SSSR count). The van der Waals surface area contributed by atoms with Crippen molar-refractivity contribution in [1.29, 1.82) is 0 Å². The fraction of sp³-hybridized carbons (Fsp3) is 0.348. The van der Waals surface area contributed by atoms with Crippen molar-refractivity contribution < 1.29 is 4.79 Å². The van der Waals surface area contributed by atoms with Gasteiger partial charge < -0.3 is 10.6 Å². The number of benzene rings is 2. The molecule has 1 heterocycles. The molecule has 3 aromatic rings. The van der Waals surface area contributed by atoms with E-state index in [-0.39, 0.29) is 16.9 Å². The molecule has 2 aliphatic rings. The molecule has 2 atom stereocenters. The maximum Gasteiger partial charge on any atom is 0.323 e. The Kier molecular flexibility index (Phi) is 3.91. The first-order valence-electron chi connectivity index (χ1n) is 9.94. The second kappa shape index (κ2) is 6.17. The predicted molar refractivity (Wildman–Crippen MR) is 117 cm³/mol. The Bertz CT molecular complexity index is 1140. The van der Waals surface area contributed by atoms with E-state index < -0.39 is 0 Å². The van der Waals surface area contributed by atoms with Crippen LogP contribution in [0.2, 0.25) is 5.02 Å². The monoisotopic (exact) mass is 406 g/mol. The Morgan fingerprint density at radius 2 is 1.69 bits per heavy atom. The van der Waals surface area contributed by atoms with E-state index in [1.165, 1.54) is 6.42 Å². The summed E-state index contributed by atoms with van der Waals surface area (Å²) in [7, 11) is 0. The number of urea groups is 1. The van der Waals surface area contributed by atoms with Crippen LogP contribution in [0.4, 0.5) is 16.2 Å². The van der Waals surface area contributed by atoms with Crippen LogP contribution in [0.15, 0.2) is 42.5 Å². The van der Waals surface area contributed by atoms with Crippen LogP contribution in [0.25, 0.3) is 11.0 Å². The van der Waals surface area contributed by atoms with E-state index in [9.17, 15) is 4.79 Å². The molecular formula is C23H23ClN4O. The molecule has 0 aliphatic heterocycles. The van der Waals surface area contributed by atoms with Crippen LogP contribution in [-0.4, -0.2) is 16.0 Å². The zero-order valence-corrected chi connectivity index (χ0v) is 17.5. The standard InChI is InChI=1S/C23H23ClN4O/c1-22(2)16-10-11-23(22,3)20-19(16)27-18-12-15(8-9-17(18)28-20)26-21(29)25-14-6-4-13(24)5-7-14/h4-9,12,16H,10-11H2,1-3H3,(H2,25,26,29). The van der Waals surface area contributed by atoms with Crippen molar-refractivity contribution in [2.75, 3.05) is 10.6 Å². The number of aromatic nitrogens is 2. The van der Waals surface area contributed by atoms with Gasteiger partial charge in [0.2, 0.25) is 0 Å². The Morgan fingerprint density at radius 3 is 2.45 bits per heavy atom. The molecule has 0 saturated heterocycles. The number of rotatable bonds is 2. The lowest BCUT2D eigenvalue weighted by Crippen LogP contribution is -2.31. The van der Waals surface area contributed by atoms with Gasteiger partial charge in [-0.2, -0.15) is 0 Å². The van der Waals surface area contributed by atoms with Crippen molar-refractivity contribution in [3.05, 3.63) is 58.9 Å². The number of amides is 2. The van der Waals surface area contributed by atoms with Gasteiger partial charge >= 0.3 is 6.03 Å². The minimum atomic E-state index is -0.312. The summed E-state index contributed by atoms with van der Waals surface area (Å²) in [6.07, 6.45) is 2.33. The van der Waals surface area contributed by atoms with E-state index in [1.54, 1.807) is 24.3 Å². The van der Waals surface area contributed by atoms with Gasteiger partial charge in [-0.3, -0.25) is 0 Å². The van der Waals surface area contributed by atoms with Crippen LogP contribution in [0.5, 0.6) is 0 Å². The summed E-state index contributed by atoms with van der Waals surface area (Å²) in [6, 6.07) is 12.4. The zero-order valence-electron chi connectivity index (χ0n) is 16.7. The third-order valence-electron chi connectivity index (χ3n) is 7.13. The maximum atomic E-state index is 12.3. The summed E-state index contributed by atoms with van der Waals surface area (Å²) in [5.41, 5.74) is 5.61. The van der Waals surface area contributed by atoms with Gasteiger partial charge in [-0.05, 0) is 60.7 Å². The minimum absolute atomic E-state index is 0.0869. The van der Waals surface area contributed by atoms with Gasteiger partial charge in [0.15, 0.2) is 0 Å². The van der Waals surface area contributed by atoms with Gasteiger partial charge in [-0.1, -0.05) is 32.4 Å². The largest absolute Gasteiger partial charge is 0.323 e. The van der Waals surface area contributed by atoms with Gasteiger partial charge in [-0.15, -0.1) is 0 Å². The molecule has 2 bridgehead atoms. The fourth-order valence-corrected chi connectivity index (χ4v) is 5.15. The van der Waals surface area contributed by atoms with Crippen LogP contribution in [-0.2, 0) is 5.41 Å². The second-order valence-electron chi connectivity index (χ2n) is 8.89. The Morgan fingerprint density at radius 1 is 1.00 bits per heavy atom. The van der Waals surface area contributed by atoms with E-state index in [0.717, 1.165) is 28.8 Å². The van der Waals surface area contributed by atoms with Crippen molar-refractivity contribution in [3.8, 4) is 0 Å². The summed E-state index contributed by atoms with van der Waals surface area (Å²) in [5, 5.41) is 6.30. The van der Waals surface area contributed by atoms with Crippen molar-refractivity contribution in [2.24, 2.45) is 5.41 Å². The molecule has 0 spiro atoms. The summed E-state index contributed by atoms with van der Waals surface area (Å²) >= 11 is 5.88. The molecule has 1 fully saturated rings. The molecule has 1 saturated carbocycles. The third-order valence-corrected chi connectivity index (χ3v) is 7.38. The minimum Gasteiger partial charge on any atom is -0.308 e. The molecule has 5 nitrogen and oxygen atoms in total. The van der Waals surface area contributed by atoms with Gasteiger partial charge in [0.05, 0.1) is 22.4 Å². The quantitative estimate of drug-likeness (QED) is 0.540. The normalized spacial score (nSPS) is 23.8. The van der Waals surface area contributed by atoms with E-state index in [0.29, 0.717) is 22.3 Å². The average Bonchev–Trinajstić information content (AvgIpc) is 3.00. The van der Waals surface area contributed by atoms with Crippen LogP contribution < -0.4 is 10.6 Å². The molecule has 1 aromatic heterocycles. The lowest BCUT2D eigenvalue weighted by atomic mass is 9.70. The van der Waals surface area contributed by atoms with Gasteiger partial charge in [0, 0.05) is 27.7 Å². The van der Waals surface area contributed by atoms with Crippen LogP contribution >= 0.6 is 11.6 Å². The number of carbonyl (C=O) groups excluding carboxylic acids is 1. The number of hydrogen-bond donors (Lipinski definition) is 2. The van der Waals surface area contributed by atoms with E-state index in [1.807, 2.05) is 18.2 Å². The lowest BCUT2D eigenvalue weighted by Gasteiger charge is -2.34. The first-order chi connectivity index (χ1) is 13.8. The van der Waals surface area contributed by atoms with E-state index in [2.05, 4.69) is 31.4 Å². The number of fused-ring (bicyclic) bond motifs is 6. The van der Waals surface area contributed by atoms with E-state index in [4.69, 9.17) is 21.6 Å². The summed E-state index contributed by atoms with van der Waals surface area (Å²) < 4.78 is 0. The molecule has 29 heavy (non-hydrogen) atoms. The number of carbonyl (C=O) groups is 1. The van der Waals surface area contributed by atoms with Gasteiger partial charge in [-0.25, -0.2) is 14.8 Å². The highest BCUT2D eigenvalue weighted by Gasteiger charge is 2.61. The van der Waals surface area contributed by atoms with Gasteiger partial charge in [0.1, 0.15) is 0 Å². The molecule has 2 amide bonds. The SMILES string of the molecule is CC12CCC(c3nc4cc(NC(=O)Nc5ccc(Cl)cc5)ccc4nc31)C2(C)C. The van der Waals surface area contributed by atoms with Crippen LogP contribution in [0.1, 0.15) is 50.9 Å². The van der Waals surface area contributed by atoms with Crippen molar-refractivity contribution in [2.45, 2.75) is 44.9 Å². The van der Waals surface area contributed by atoms with Crippen LogP contribution in [0.3, 0.4) is 0 Å². The first kappa shape index (κ1) is 18.4. The number of hydrogen-bond acceptors (Lipinski definition) is 3. The molecule has 2 N–H and O–H groups in total. The molecule has 2 unspecified atom stereocenters. The summed E-state index contributed by atoms with van der Waals surface area (Å²) in [4.78, 5) is 22.3. The molecule has 6 heteroatoms. The first-order valence-corrected chi connectivity index (χ1v) is 10.3. The Hall–Kier alpha value is -2.66. The topological polar surface area (TPSA) is 66.9 Å². The number of anilines is 2. The lowest BCUT2D eigenvalue weighted by molar-refractivity contribution is 0.227. The number of nitrogens with one attached hydrogen (secondary N) is 2. The van der Waals surface area contributed by atoms with Gasteiger partial charge in [0.25, 0.3) is 0 Å². The third kappa shape index (κ3) is 2.71. The van der Waals surface area contributed by atoms with Crippen molar-refractivity contribution in [3.63, 3.8) is 0 Å². The highest BCUT2D eigenvalue weighted by atomic mass is 35.5. The average molecular weight is 407 g/mol.